The standard InChI is InChI=1S/C13H18O/c1-4-10(2)11(3)13(14)12-8-6-5-7-9-12/h4-9,11,13-14H,1-3H3/b10-4-/t11-,13-/m0/s1. The average molecular weight is 190 g/mol. The molecule has 1 N–H and O–H groups in total. The Hall–Kier alpha value is -1.08. The van der Waals surface area contributed by atoms with Crippen LogP contribution < -0.4 is 0 Å². The molecule has 0 saturated heterocycles. The Kier molecular flexibility index (Phi) is 3.90. The molecule has 1 aromatic carbocycles. The summed E-state index contributed by atoms with van der Waals surface area (Å²) in [5.74, 6) is 0.183. The molecular formula is C13H18O. The van der Waals surface area contributed by atoms with Crippen LogP contribution in [-0.4, -0.2) is 5.11 Å². The first-order valence-corrected chi connectivity index (χ1v) is 5.02. The van der Waals surface area contributed by atoms with Gasteiger partial charge in [-0.25, -0.2) is 0 Å². The minimum atomic E-state index is -0.396. The van der Waals surface area contributed by atoms with Crippen LogP contribution in [0.15, 0.2) is 42.0 Å². The molecule has 0 aliphatic carbocycles. The number of aliphatic hydroxyl groups is 1. The van der Waals surface area contributed by atoms with E-state index in [-0.39, 0.29) is 5.92 Å². The molecule has 1 nitrogen and oxygen atoms in total. The first-order chi connectivity index (χ1) is 6.66. The van der Waals surface area contributed by atoms with Crippen molar-refractivity contribution >= 4 is 0 Å². The van der Waals surface area contributed by atoms with Gasteiger partial charge in [0.15, 0.2) is 0 Å². The normalized spacial score (nSPS) is 16.4. The van der Waals surface area contributed by atoms with E-state index in [2.05, 4.69) is 13.0 Å². The summed E-state index contributed by atoms with van der Waals surface area (Å²) in [5.41, 5.74) is 2.21. The van der Waals surface area contributed by atoms with Crippen molar-refractivity contribution < 1.29 is 5.11 Å². The largest absolute Gasteiger partial charge is 0.388 e. The molecular weight excluding hydrogens is 172 g/mol. The highest BCUT2D eigenvalue weighted by molar-refractivity contribution is 5.20. The number of benzene rings is 1. The zero-order valence-corrected chi connectivity index (χ0v) is 9.07. The van der Waals surface area contributed by atoms with Crippen molar-refractivity contribution in [1.29, 1.82) is 0 Å². The minimum absolute atomic E-state index is 0.183. The second-order valence-electron chi connectivity index (χ2n) is 3.68. The zero-order chi connectivity index (χ0) is 10.6. The molecule has 0 unspecified atom stereocenters. The van der Waals surface area contributed by atoms with E-state index in [4.69, 9.17) is 0 Å². The summed E-state index contributed by atoms with van der Waals surface area (Å²) in [6.45, 7) is 6.10. The molecule has 14 heavy (non-hydrogen) atoms. The lowest BCUT2D eigenvalue weighted by molar-refractivity contribution is 0.134. The maximum Gasteiger partial charge on any atom is 0.0852 e. The molecule has 1 heteroatoms. The highest BCUT2D eigenvalue weighted by Gasteiger charge is 2.16. The summed E-state index contributed by atoms with van der Waals surface area (Å²) in [7, 11) is 0. The van der Waals surface area contributed by atoms with Crippen molar-refractivity contribution in [3.63, 3.8) is 0 Å². The lowest BCUT2D eigenvalue weighted by atomic mass is 9.91. The summed E-state index contributed by atoms with van der Waals surface area (Å²) in [6.07, 6.45) is 1.66. The Morgan fingerprint density at radius 2 is 1.86 bits per heavy atom. The van der Waals surface area contributed by atoms with Crippen LogP contribution in [0.4, 0.5) is 0 Å². The Morgan fingerprint density at radius 3 is 2.36 bits per heavy atom. The van der Waals surface area contributed by atoms with Crippen molar-refractivity contribution in [1.82, 2.24) is 0 Å². The molecule has 0 aromatic heterocycles. The zero-order valence-electron chi connectivity index (χ0n) is 9.07. The summed E-state index contributed by atoms with van der Waals surface area (Å²) < 4.78 is 0. The molecule has 0 aliphatic rings. The minimum Gasteiger partial charge on any atom is -0.388 e. The van der Waals surface area contributed by atoms with E-state index in [0.717, 1.165) is 5.56 Å². The molecule has 0 bridgehead atoms. The molecule has 2 atom stereocenters. The van der Waals surface area contributed by atoms with Gasteiger partial charge in [0.2, 0.25) is 0 Å². The van der Waals surface area contributed by atoms with Crippen LogP contribution in [0.25, 0.3) is 0 Å². The van der Waals surface area contributed by atoms with Crippen LogP contribution in [0, 0.1) is 5.92 Å². The summed E-state index contributed by atoms with van der Waals surface area (Å²) in [4.78, 5) is 0. The predicted molar refractivity (Wildman–Crippen MR) is 60.0 cm³/mol. The molecule has 0 heterocycles. The van der Waals surface area contributed by atoms with E-state index in [1.807, 2.05) is 44.2 Å². The van der Waals surface area contributed by atoms with E-state index in [9.17, 15) is 5.11 Å². The summed E-state index contributed by atoms with van der Waals surface area (Å²) in [5, 5.41) is 10.0. The van der Waals surface area contributed by atoms with Crippen molar-refractivity contribution in [3.8, 4) is 0 Å². The van der Waals surface area contributed by atoms with Gasteiger partial charge in [-0.1, -0.05) is 48.9 Å². The molecule has 0 aliphatic heterocycles. The third-order valence-corrected chi connectivity index (χ3v) is 2.79. The maximum absolute atomic E-state index is 10.0. The molecule has 0 radical (unpaired) electrons. The first kappa shape index (κ1) is 11.0. The van der Waals surface area contributed by atoms with Gasteiger partial charge in [0.05, 0.1) is 6.10 Å². The number of hydrogen-bond donors (Lipinski definition) is 1. The Labute approximate surface area is 86.1 Å². The number of hydrogen-bond acceptors (Lipinski definition) is 1. The fourth-order valence-electron chi connectivity index (χ4n) is 1.45. The van der Waals surface area contributed by atoms with E-state index >= 15 is 0 Å². The Bertz CT molecular complexity index is 300. The highest BCUT2D eigenvalue weighted by atomic mass is 16.3. The molecule has 1 aromatic rings. The van der Waals surface area contributed by atoms with Crippen LogP contribution in [0.3, 0.4) is 0 Å². The first-order valence-electron chi connectivity index (χ1n) is 5.02. The molecule has 0 fully saturated rings. The number of aliphatic hydroxyl groups excluding tert-OH is 1. The maximum atomic E-state index is 10.0. The van der Waals surface area contributed by atoms with Gasteiger partial charge in [0, 0.05) is 5.92 Å². The van der Waals surface area contributed by atoms with Gasteiger partial charge < -0.3 is 5.11 Å². The smallest absolute Gasteiger partial charge is 0.0852 e. The average Bonchev–Trinajstić information content (AvgIpc) is 2.27. The van der Waals surface area contributed by atoms with Crippen LogP contribution in [0.5, 0.6) is 0 Å². The fourth-order valence-corrected chi connectivity index (χ4v) is 1.45. The molecule has 1 rings (SSSR count). The van der Waals surface area contributed by atoms with Crippen LogP contribution in [0.2, 0.25) is 0 Å². The van der Waals surface area contributed by atoms with Gasteiger partial charge in [0.25, 0.3) is 0 Å². The van der Waals surface area contributed by atoms with Gasteiger partial charge in [0.1, 0.15) is 0 Å². The second-order valence-corrected chi connectivity index (χ2v) is 3.68. The second kappa shape index (κ2) is 4.97. The van der Waals surface area contributed by atoms with Gasteiger partial charge >= 0.3 is 0 Å². The highest BCUT2D eigenvalue weighted by Crippen LogP contribution is 2.26. The Morgan fingerprint density at radius 1 is 1.29 bits per heavy atom. The van der Waals surface area contributed by atoms with Crippen molar-refractivity contribution in [2.45, 2.75) is 26.9 Å². The quantitative estimate of drug-likeness (QED) is 0.725. The van der Waals surface area contributed by atoms with Crippen LogP contribution >= 0.6 is 0 Å². The third-order valence-electron chi connectivity index (χ3n) is 2.79. The van der Waals surface area contributed by atoms with E-state index in [1.54, 1.807) is 0 Å². The monoisotopic (exact) mass is 190 g/mol. The van der Waals surface area contributed by atoms with Crippen molar-refractivity contribution in [3.05, 3.63) is 47.5 Å². The topological polar surface area (TPSA) is 20.2 Å². The predicted octanol–water partition coefficient (Wildman–Crippen LogP) is 3.32. The number of allylic oxidation sites excluding steroid dienone is 1. The lowest BCUT2D eigenvalue weighted by Crippen LogP contribution is -2.10. The molecule has 0 amide bonds. The van der Waals surface area contributed by atoms with E-state index in [0.29, 0.717) is 0 Å². The van der Waals surface area contributed by atoms with Crippen LogP contribution in [-0.2, 0) is 0 Å². The molecule has 0 saturated carbocycles. The van der Waals surface area contributed by atoms with Crippen LogP contribution in [0.1, 0.15) is 32.4 Å². The number of rotatable bonds is 3. The fraction of sp³-hybridized carbons (Fsp3) is 0.385. The van der Waals surface area contributed by atoms with Gasteiger partial charge in [-0.2, -0.15) is 0 Å². The van der Waals surface area contributed by atoms with Crippen molar-refractivity contribution in [2.75, 3.05) is 0 Å². The van der Waals surface area contributed by atoms with Gasteiger partial charge in [-0.15, -0.1) is 0 Å². The SMILES string of the molecule is C/C=C(/C)[C@H](C)[C@H](O)c1ccccc1. The molecule has 76 valence electrons. The summed E-state index contributed by atoms with van der Waals surface area (Å²) in [6, 6.07) is 9.80. The lowest BCUT2D eigenvalue weighted by Gasteiger charge is -2.19. The van der Waals surface area contributed by atoms with E-state index in [1.165, 1.54) is 5.57 Å². The van der Waals surface area contributed by atoms with Gasteiger partial charge in [-0.05, 0) is 19.4 Å². The molecule has 0 spiro atoms. The van der Waals surface area contributed by atoms with E-state index < -0.39 is 6.10 Å². The third kappa shape index (κ3) is 2.46. The summed E-state index contributed by atoms with van der Waals surface area (Å²) >= 11 is 0. The van der Waals surface area contributed by atoms with Gasteiger partial charge in [-0.3, -0.25) is 0 Å². The Balaban J connectivity index is 2.81. The van der Waals surface area contributed by atoms with Crippen molar-refractivity contribution in [2.24, 2.45) is 5.92 Å².